The number of pyridine rings is 1. The van der Waals surface area contributed by atoms with Crippen molar-refractivity contribution >= 4 is 11.7 Å². The van der Waals surface area contributed by atoms with E-state index in [2.05, 4.69) is 48.7 Å². The van der Waals surface area contributed by atoms with Crippen molar-refractivity contribution in [2.75, 3.05) is 0 Å². The number of rotatable bonds is 3. The van der Waals surface area contributed by atoms with Gasteiger partial charge in [-0.2, -0.15) is 4.99 Å². The predicted octanol–water partition coefficient (Wildman–Crippen LogP) is 3.32. The molecule has 1 heterocycles. The number of hydrogen-bond donors (Lipinski definition) is 0. The van der Waals surface area contributed by atoms with Gasteiger partial charge in [0, 0.05) is 12.4 Å². The molecule has 0 bridgehead atoms. The van der Waals surface area contributed by atoms with Gasteiger partial charge in [0.1, 0.15) is 0 Å². The standard InChI is InChI=1S/C12H17N3/c1-10(2)12(3,4)15-9-14-11-5-7-13-8-6-11/h5-8,10H,1-4H3. The maximum Gasteiger partial charge on any atom is 0.0954 e. The molecule has 0 saturated carbocycles. The molecule has 0 aliphatic heterocycles. The molecular formula is C12H17N3. The van der Waals surface area contributed by atoms with Crippen molar-refractivity contribution in [2.24, 2.45) is 15.9 Å². The Hall–Kier alpha value is -1.47. The molecule has 0 atom stereocenters. The maximum atomic E-state index is 4.31. The summed E-state index contributed by atoms with van der Waals surface area (Å²) in [5.74, 6) is 0.470. The van der Waals surface area contributed by atoms with Gasteiger partial charge in [-0.25, -0.2) is 4.99 Å². The molecular weight excluding hydrogens is 186 g/mol. The molecule has 1 aromatic heterocycles. The van der Waals surface area contributed by atoms with E-state index in [-0.39, 0.29) is 5.54 Å². The van der Waals surface area contributed by atoms with Crippen molar-refractivity contribution in [3.8, 4) is 0 Å². The largest absolute Gasteiger partial charge is 0.265 e. The van der Waals surface area contributed by atoms with E-state index in [4.69, 9.17) is 0 Å². The Balaban J connectivity index is 2.78. The third-order valence-electron chi connectivity index (χ3n) is 2.59. The fourth-order valence-corrected chi connectivity index (χ4v) is 0.759. The number of aromatic nitrogens is 1. The molecule has 1 rings (SSSR count). The lowest BCUT2D eigenvalue weighted by molar-refractivity contribution is 0.378. The summed E-state index contributed by atoms with van der Waals surface area (Å²) in [4.78, 5) is 12.3. The van der Waals surface area contributed by atoms with Crippen molar-refractivity contribution in [3.05, 3.63) is 24.5 Å². The van der Waals surface area contributed by atoms with Crippen LogP contribution in [0.25, 0.3) is 0 Å². The number of hydrogen-bond acceptors (Lipinski definition) is 3. The summed E-state index contributed by atoms with van der Waals surface area (Å²) in [6, 6.07) is 6.39. The fraction of sp³-hybridized carbons (Fsp3) is 0.500. The first-order valence-corrected chi connectivity index (χ1v) is 5.10. The van der Waals surface area contributed by atoms with E-state index >= 15 is 0 Å². The molecule has 0 amide bonds. The molecule has 0 unspecified atom stereocenters. The van der Waals surface area contributed by atoms with Crippen LogP contribution in [0.1, 0.15) is 27.7 Å². The first-order valence-electron chi connectivity index (χ1n) is 5.10. The Kier molecular flexibility index (Phi) is 3.75. The highest BCUT2D eigenvalue weighted by atomic mass is 14.9. The smallest absolute Gasteiger partial charge is 0.0954 e. The molecule has 1 aromatic rings. The van der Waals surface area contributed by atoms with Crippen LogP contribution in [0.5, 0.6) is 0 Å². The first kappa shape index (κ1) is 11.6. The monoisotopic (exact) mass is 203 g/mol. The molecule has 0 radical (unpaired) electrons. The molecule has 3 nitrogen and oxygen atoms in total. The molecule has 0 fully saturated rings. The molecule has 0 aliphatic rings. The highest BCUT2D eigenvalue weighted by Crippen LogP contribution is 2.19. The predicted molar refractivity (Wildman–Crippen MR) is 62.7 cm³/mol. The Morgan fingerprint density at radius 3 is 2.40 bits per heavy atom. The highest BCUT2D eigenvalue weighted by Gasteiger charge is 2.19. The summed E-state index contributed by atoms with van der Waals surface area (Å²) in [5, 5.41) is 0. The van der Waals surface area contributed by atoms with Crippen LogP contribution < -0.4 is 0 Å². The van der Waals surface area contributed by atoms with Crippen LogP contribution in [-0.4, -0.2) is 16.5 Å². The zero-order valence-electron chi connectivity index (χ0n) is 9.73. The van der Waals surface area contributed by atoms with Gasteiger partial charge in [0.2, 0.25) is 0 Å². The second-order valence-corrected chi connectivity index (χ2v) is 4.34. The van der Waals surface area contributed by atoms with E-state index < -0.39 is 0 Å². The van der Waals surface area contributed by atoms with E-state index in [0.29, 0.717) is 5.92 Å². The molecule has 0 aliphatic carbocycles. The molecule has 0 spiro atoms. The minimum absolute atomic E-state index is 0.115. The molecule has 0 aromatic carbocycles. The van der Waals surface area contributed by atoms with Crippen molar-refractivity contribution in [3.63, 3.8) is 0 Å². The van der Waals surface area contributed by atoms with E-state index in [9.17, 15) is 0 Å². The normalized spacial score (nSPS) is 11.0. The SMILES string of the molecule is CC(C)C(C)(C)N=C=Nc1ccncc1. The van der Waals surface area contributed by atoms with Crippen molar-refractivity contribution in [1.82, 2.24) is 4.98 Å². The van der Waals surface area contributed by atoms with Crippen molar-refractivity contribution in [2.45, 2.75) is 33.2 Å². The minimum Gasteiger partial charge on any atom is -0.265 e. The lowest BCUT2D eigenvalue weighted by atomic mass is 9.92. The van der Waals surface area contributed by atoms with Crippen molar-refractivity contribution in [1.29, 1.82) is 0 Å². The Labute approximate surface area is 91.0 Å². The summed E-state index contributed by atoms with van der Waals surface area (Å²) < 4.78 is 0. The highest BCUT2D eigenvalue weighted by molar-refractivity contribution is 5.52. The van der Waals surface area contributed by atoms with E-state index in [1.807, 2.05) is 12.1 Å². The number of aliphatic imine (C=N–C) groups is 2. The van der Waals surface area contributed by atoms with Gasteiger partial charge in [-0.1, -0.05) is 13.8 Å². The minimum atomic E-state index is -0.115. The van der Waals surface area contributed by atoms with Gasteiger partial charge in [0.05, 0.1) is 17.2 Å². The molecule has 0 saturated heterocycles. The van der Waals surface area contributed by atoms with Crippen LogP contribution in [0.4, 0.5) is 5.69 Å². The Morgan fingerprint density at radius 1 is 1.27 bits per heavy atom. The van der Waals surface area contributed by atoms with E-state index in [1.54, 1.807) is 12.4 Å². The quantitative estimate of drug-likeness (QED) is 0.694. The van der Waals surface area contributed by atoms with Crippen LogP contribution in [0.15, 0.2) is 34.5 Å². The first-order chi connectivity index (χ1) is 7.02. The Morgan fingerprint density at radius 2 is 1.87 bits per heavy atom. The van der Waals surface area contributed by atoms with Gasteiger partial charge in [0.25, 0.3) is 0 Å². The third kappa shape index (κ3) is 3.64. The second kappa shape index (κ2) is 4.85. The van der Waals surface area contributed by atoms with E-state index in [0.717, 1.165) is 5.69 Å². The topological polar surface area (TPSA) is 37.6 Å². The zero-order valence-corrected chi connectivity index (χ0v) is 9.73. The van der Waals surface area contributed by atoms with Gasteiger partial charge in [-0.3, -0.25) is 4.98 Å². The van der Waals surface area contributed by atoms with Gasteiger partial charge >= 0.3 is 0 Å². The fourth-order valence-electron chi connectivity index (χ4n) is 0.759. The average molecular weight is 203 g/mol. The van der Waals surface area contributed by atoms with Crippen LogP contribution in [0.2, 0.25) is 0 Å². The van der Waals surface area contributed by atoms with Crippen molar-refractivity contribution < 1.29 is 0 Å². The second-order valence-electron chi connectivity index (χ2n) is 4.34. The van der Waals surface area contributed by atoms with E-state index in [1.165, 1.54) is 0 Å². The lowest BCUT2D eigenvalue weighted by Gasteiger charge is -2.21. The molecule has 0 N–H and O–H groups in total. The maximum absolute atomic E-state index is 4.31. The summed E-state index contributed by atoms with van der Waals surface area (Å²) in [6.45, 7) is 8.43. The molecule has 3 heteroatoms. The Bertz CT molecular complexity index is 360. The molecule has 80 valence electrons. The summed E-state index contributed by atoms with van der Waals surface area (Å²) >= 11 is 0. The van der Waals surface area contributed by atoms with Crippen LogP contribution in [0.3, 0.4) is 0 Å². The zero-order chi connectivity index (χ0) is 11.3. The van der Waals surface area contributed by atoms with Gasteiger partial charge in [-0.05, 0) is 31.9 Å². The van der Waals surface area contributed by atoms with Gasteiger partial charge in [-0.15, -0.1) is 0 Å². The summed E-state index contributed by atoms with van der Waals surface area (Å²) in [5.41, 5.74) is 0.713. The van der Waals surface area contributed by atoms with Gasteiger partial charge < -0.3 is 0 Å². The number of nitrogens with zero attached hydrogens (tertiary/aromatic N) is 3. The summed E-state index contributed by atoms with van der Waals surface area (Å²) in [7, 11) is 0. The lowest BCUT2D eigenvalue weighted by Crippen LogP contribution is -2.23. The summed E-state index contributed by atoms with van der Waals surface area (Å²) in [6.07, 6.45) is 3.40. The third-order valence-corrected chi connectivity index (χ3v) is 2.59. The average Bonchev–Trinajstić information content (AvgIpc) is 2.19. The van der Waals surface area contributed by atoms with Crippen LogP contribution >= 0.6 is 0 Å². The van der Waals surface area contributed by atoms with Crippen LogP contribution in [0, 0.1) is 5.92 Å². The van der Waals surface area contributed by atoms with Gasteiger partial charge in [0.15, 0.2) is 0 Å². The van der Waals surface area contributed by atoms with Crippen LogP contribution in [-0.2, 0) is 0 Å². The molecule has 15 heavy (non-hydrogen) atoms.